The predicted molar refractivity (Wildman–Crippen MR) is 67.1 cm³/mol. The zero-order chi connectivity index (χ0) is 11.1. The Labute approximate surface area is 108 Å². The van der Waals surface area contributed by atoms with Crippen molar-refractivity contribution in [1.29, 1.82) is 0 Å². The third-order valence-corrected chi connectivity index (χ3v) is 3.32. The maximum atomic E-state index is 2.25. The van der Waals surface area contributed by atoms with Crippen molar-refractivity contribution in [2.75, 3.05) is 20.6 Å². The van der Waals surface area contributed by atoms with E-state index in [1.54, 1.807) is 0 Å². The second-order valence-corrected chi connectivity index (χ2v) is 4.64. The number of rotatable bonds is 2. The molecule has 16 heavy (non-hydrogen) atoms. The second-order valence-electron chi connectivity index (χ2n) is 4.64. The summed E-state index contributed by atoms with van der Waals surface area (Å²) in [6.45, 7) is 3.33. The van der Waals surface area contributed by atoms with Gasteiger partial charge in [-0.05, 0) is 19.1 Å². The average Bonchev–Trinajstić information content (AvgIpc) is 2.58. The fourth-order valence-electron chi connectivity index (χ4n) is 1.97. The first-order valence-corrected chi connectivity index (χ1v) is 5.44. The van der Waals surface area contributed by atoms with Crippen LogP contribution in [0.2, 0.25) is 0 Å². The summed E-state index contributed by atoms with van der Waals surface area (Å²) < 4.78 is 3.14. The van der Waals surface area contributed by atoms with Crippen molar-refractivity contribution in [3.63, 3.8) is 0 Å². The van der Waals surface area contributed by atoms with Crippen LogP contribution in [0.3, 0.4) is 0 Å². The van der Waals surface area contributed by atoms with Crippen molar-refractivity contribution >= 4 is 16.6 Å². The molecule has 0 aliphatic heterocycles. The van der Waals surface area contributed by atoms with E-state index < -0.39 is 0 Å². The van der Waals surface area contributed by atoms with Crippen LogP contribution < -0.4 is 21.5 Å². The molecule has 88 valence electrons. The maximum Gasteiger partial charge on any atom is 0.158 e. The summed E-state index contributed by atoms with van der Waals surface area (Å²) in [5, 5.41) is 1.37. The number of nitrogens with zero attached hydrogens (tertiary/aromatic N) is 2. The highest BCUT2D eigenvalue weighted by Gasteiger charge is 2.21. The van der Waals surface area contributed by atoms with Crippen LogP contribution in [0.5, 0.6) is 0 Å². The molecule has 2 aromatic rings. The van der Waals surface area contributed by atoms with Crippen LogP contribution in [0.25, 0.3) is 10.9 Å². The number of hydrogen-bond donors (Lipinski definition) is 0. The highest BCUT2D eigenvalue weighted by molar-refractivity contribution is 5.92. The van der Waals surface area contributed by atoms with Gasteiger partial charge < -0.3 is 21.5 Å². The lowest BCUT2D eigenvalue weighted by Crippen LogP contribution is -3.00. The number of halogens is 1. The largest absolute Gasteiger partial charge is 1.00 e. The van der Waals surface area contributed by atoms with Gasteiger partial charge in [0.15, 0.2) is 5.69 Å². The topological polar surface area (TPSA) is 4.93 Å². The Balaban J connectivity index is 0.00000128. The van der Waals surface area contributed by atoms with E-state index in [4.69, 9.17) is 0 Å². The van der Waals surface area contributed by atoms with Crippen LogP contribution in [-0.4, -0.2) is 25.2 Å². The molecule has 1 aromatic carbocycles. The first-order valence-electron chi connectivity index (χ1n) is 5.44. The van der Waals surface area contributed by atoms with Crippen molar-refractivity contribution < 1.29 is 17.0 Å². The zero-order valence-corrected chi connectivity index (χ0v) is 12.0. The average molecular weight is 283 g/mol. The third-order valence-electron chi connectivity index (χ3n) is 3.32. The summed E-state index contributed by atoms with van der Waals surface area (Å²) in [5.41, 5.74) is 2.71. The minimum Gasteiger partial charge on any atom is -1.00 e. The van der Waals surface area contributed by atoms with E-state index in [-0.39, 0.29) is 17.0 Å². The van der Waals surface area contributed by atoms with E-state index in [1.165, 1.54) is 16.6 Å². The molecular formula is C13H19BrN2. The van der Waals surface area contributed by atoms with Crippen LogP contribution in [0.1, 0.15) is 6.92 Å². The van der Waals surface area contributed by atoms with Gasteiger partial charge in [-0.2, -0.15) is 0 Å². The van der Waals surface area contributed by atoms with E-state index in [9.17, 15) is 0 Å². The number of quaternary nitrogens is 1. The van der Waals surface area contributed by atoms with Crippen LogP contribution in [0.4, 0.5) is 5.69 Å². The number of hydrogen-bond acceptors (Lipinski definition) is 0. The molecule has 2 rings (SSSR count). The van der Waals surface area contributed by atoms with Gasteiger partial charge >= 0.3 is 0 Å². The van der Waals surface area contributed by atoms with Crippen molar-refractivity contribution in [1.82, 2.24) is 9.05 Å². The van der Waals surface area contributed by atoms with Gasteiger partial charge in [-0.25, -0.2) is 0 Å². The summed E-state index contributed by atoms with van der Waals surface area (Å²) in [4.78, 5) is 0. The Morgan fingerprint density at radius 2 is 1.81 bits per heavy atom. The predicted octanol–water partition coefficient (Wildman–Crippen LogP) is -0.231. The van der Waals surface area contributed by atoms with Crippen LogP contribution in [0.15, 0.2) is 30.5 Å². The third kappa shape index (κ3) is 2.02. The quantitative estimate of drug-likeness (QED) is 0.671. The minimum absolute atomic E-state index is 0. The SMILES string of the molecule is CC[N+](C)(C)c1cn(C)c2ccccc12.[Br-]. The van der Waals surface area contributed by atoms with Gasteiger partial charge in [0.2, 0.25) is 0 Å². The van der Waals surface area contributed by atoms with E-state index in [2.05, 4.69) is 63.1 Å². The number of fused-ring (bicyclic) bond motifs is 1. The fraction of sp³-hybridized carbons (Fsp3) is 0.385. The van der Waals surface area contributed by atoms with Crippen LogP contribution in [0, 0.1) is 0 Å². The van der Waals surface area contributed by atoms with E-state index in [1.807, 2.05) is 0 Å². The Morgan fingerprint density at radius 3 is 2.44 bits per heavy atom. The standard InChI is InChI=1S/C13H19N2.BrH/c1-5-15(3,4)13-10-14(2)12-9-7-6-8-11(12)13;/h6-10H,5H2,1-4H3;1H/q+1;/p-1. The molecule has 0 fully saturated rings. The molecular weight excluding hydrogens is 264 g/mol. The van der Waals surface area contributed by atoms with Gasteiger partial charge in [0.05, 0.1) is 37.7 Å². The van der Waals surface area contributed by atoms with Gasteiger partial charge in [0, 0.05) is 7.05 Å². The minimum atomic E-state index is 0. The Morgan fingerprint density at radius 1 is 1.19 bits per heavy atom. The summed E-state index contributed by atoms with van der Waals surface area (Å²) in [6, 6.07) is 8.59. The molecule has 0 spiro atoms. The monoisotopic (exact) mass is 282 g/mol. The number of benzene rings is 1. The number of para-hydroxylation sites is 1. The molecule has 0 atom stereocenters. The number of aromatic nitrogens is 1. The lowest BCUT2D eigenvalue weighted by atomic mass is 10.2. The van der Waals surface area contributed by atoms with Crippen molar-refractivity contribution in [2.45, 2.75) is 6.92 Å². The van der Waals surface area contributed by atoms with Gasteiger partial charge in [-0.3, -0.25) is 4.48 Å². The normalized spacial score (nSPS) is 11.5. The van der Waals surface area contributed by atoms with Gasteiger partial charge in [0.1, 0.15) is 0 Å². The molecule has 1 heterocycles. The van der Waals surface area contributed by atoms with Crippen molar-refractivity contribution in [3.8, 4) is 0 Å². The highest BCUT2D eigenvalue weighted by Crippen LogP contribution is 2.30. The van der Waals surface area contributed by atoms with Gasteiger partial charge in [0.25, 0.3) is 0 Å². The summed E-state index contributed by atoms with van der Waals surface area (Å²) in [7, 11) is 6.62. The van der Waals surface area contributed by atoms with Crippen LogP contribution >= 0.6 is 0 Å². The van der Waals surface area contributed by atoms with Crippen LogP contribution in [-0.2, 0) is 7.05 Å². The first kappa shape index (κ1) is 13.3. The molecule has 1 aromatic heterocycles. The fourth-order valence-corrected chi connectivity index (χ4v) is 1.97. The Hall–Kier alpha value is -0.800. The molecule has 2 nitrogen and oxygen atoms in total. The molecule has 0 bridgehead atoms. The maximum absolute atomic E-state index is 2.25. The van der Waals surface area contributed by atoms with E-state index in [0.29, 0.717) is 0 Å². The molecule has 0 radical (unpaired) electrons. The molecule has 3 heteroatoms. The molecule has 0 saturated carbocycles. The molecule has 0 N–H and O–H groups in total. The molecule has 0 saturated heterocycles. The summed E-state index contributed by atoms with van der Waals surface area (Å²) in [5.74, 6) is 0. The summed E-state index contributed by atoms with van der Waals surface area (Å²) in [6.07, 6.45) is 2.24. The van der Waals surface area contributed by atoms with Crippen molar-refractivity contribution in [2.24, 2.45) is 7.05 Å². The number of aryl methyl sites for hydroxylation is 1. The smallest absolute Gasteiger partial charge is 0.158 e. The van der Waals surface area contributed by atoms with Gasteiger partial charge in [-0.1, -0.05) is 12.1 Å². The zero-order valence-electron chi connectivity index (χ0n) is 10.4. The second kappa shape index (κ2) is 4.60. The Bertz CT molecular complexity index is 486. The molecule has 0 aliphatic carbocycles. The lowest BCUT2D eigenvalue weighted by Gasteiger charge is -2.26. The lowest BCUT2D eigenvalue weighted by molar-refractivity contribution is -0.00000330. The first-order chi connectivity index (χ1) is 7.06. The molecule has 0 unspecified atom stereocenters. The highest BCUT2D eigenvalue weighted by atomic mass is 79.9. The van der Waals surface area contributed by atoms with Gasteiger partial charge in [-0.15, -0.1) is 0 Å². The van der Waals surface area contributed by atoms with E-state index in [0.717, 1.165) is 11.0 Å². The van der Waals surface area contributed by atoms with Crippen molar-refractivity contribution in [3.05, 3.63) is 30.5 Å². The molecule has 0 amide bonds. The molecule has 0 aliphatic rings. The Kier molecular flexibility index (Phi) is 3.81. The summed E-state index contributed by atoms with van der Waals surface area (Å²) >= 11 is 0. The van der Waals surface area contributed by atoms with E-state index >= 15 is 0 Å².